The molecule has 1 saturated carbocycles. The van der Waals surface area contributed by atoms with Crippen LogP contribution < -0.4 is 0 Å². The van der Waals surface area contributed by atoms with Crippen molar-refractivity contribution < 1.29 is 0 Å². The molecule has 0 bridgehead atoms. The van der Waals surface area contributed by atoms with E-state index in [2.05, 4.69) is 41.5 Å². The third-order valence-corrected chi connectivity index (χ3v) is 5.26. The molecule has 16 heavy (non-hydrogen) atoms. The smallest absolute Gasteiger partial charge is 0.0213 e. The molecule has 0 spiro atoms. The third-order valence-electron chi connectivity index (χ3n) is 5.26. The molecule has 0 aromatic heterocycles. The van der Waals surface area contributed by atoms with Crippen molar-refractivity contribution in [1.29, 1.82) is 0 Å². The minimum absolute atomic E-state index is 0.706. The van der Waals surface area contributed by atoms with E-state index in [1.165, 1.54) is 32.1 Å². The van der Waals surface area contributed by atoms with Crippen molar-refractivity contribution in [2.45, 2.75) is 73.6 Å². The molecule has 0 nitrogen and oxygen atoms in total. The van der Waals surface area contributed by atoms with Crippen LogP contribution in [0.2, 0.25) is 0 Å². The first-order valence-corrected chi connectivity index (χ1v) is 7.50. The van der Waals surface area contributed by atoms with Gasteiger partial charge in [-0.2, -0.15) is 0 Å². The van der Waals surface area contributed by atoms with E-state index in [-0.39, 0.29) is 0 Å². The summed E-state index contributed by atoms with van der Waals surface area (Å²) in [5.74, 6) is 3.73. The fraction of sp³-hybridized carbons (Fsp3) is 1.00. The van der Waals surface area contributed by atoms with E-state index in [4.69, 9.17) is 0 Å². The molecule has 4 unspecified atom stereocenters. The van der Waals surface area contributed by atoms with Gasteiger partial charge in [0.2, 0.25) is 0 Å². The van der Waals surface area contributed by atoms with E-state index < -0.39 is 0 Å². The van der Waals surface area contributed by atoms with Gasteiger partial charge < -0.3 is 0 Å². The number of hydrogen-bond acceptors (Lipinski definition) is 0. The van der Waals surface area contributed by atoms with Gasteiger partial charge in [-0.25, -0.2) is 0 Å². The zero-order valence-electron chi connectivity index (χ0n) is 12.3. The maximum absolute atomic E-state index is 2.52. The summed E-state index contributed by atoms with van der Waals surface area (Å²) in [6.07, 6.45) is 7.09. The van der Waals surface area contributed by atoms with Crippen LogP contribution >= 0.6 is 0 Å². The highest BCUT2D eigenvalue weighted by Gasteiger charge is 2.58. The molecule has 1 rings (SSSR count). The number of unbranched alkanes of at least 4 members (excludes halogenated alkanes) is 1. The Morgan fingerprint density at radius 1 is 1.19 bits per heavy atom. The number of hydrogen-bond donors (Lipinski definition) is 0. The van der Waals surface area contributed by atoms with E-state index in [0.29, 0.717) is 5.41 Å². The number of rotatable bonds is 7. The third kappa shape index (κ3) is 2.46. The van der Waals surface area contributed by atoms with Crippen molar-refractivity contribution >= 4 is 0 Å². The lowest BCUT2D eigenvalue weighted by atomic mass is 9.69. The lowest BCUT2D eigenvalue weighted by molar-refractivity contribution is 0.131. The van der Waals surface area contributed by atoms with Crippen LogP contribution in [0.15, 0.2) is 0 Å². The Morgan fingerprint density at radius 3 is 2.06 bits per heavy atom. The summed E-state index contributed by atoms with van der Waals surface area (Å²) in [5, 5.41) is 0. The molecule has 1 aliphatic rings. The Hall–Kier alpha value is 0. The van der Waals surface area contributed by atoms with Crippen molar-refractivity contribution in [3.8, 4) is 0 Å². The van der Waals surface area contributed by atoms with Crippen molar-refractivity contribution in [2.24, 2.45) is 29.1 Å². The zero-order valence-corrected chi connectivity index (χ0v) is 12.3. The van der Waals surface area contributed by atoms with Gasteiger partial charge in [-0.1, -0.05) is 67.2 Å². The van der Waals surface area contributed by atoms with Gasteiger partial charge in [-0.3, -0.25) is 0 Å². The fourth-order valence-electron chi connectivity index (χ4n) is 4.29. The van der Waals surface area contributed by atoms with Gasteiger partial charge in [0.05, 0.1) is 0 Å². The molecule has 0 aromatic carbocycles. The van der Waals surface area contributed by atoms with Crippen molar-refractivity contribution in [3.63, 3.8) is 0 Å². The summed E-state index contributed by atoms with van der Waals surface area (Å²) in [6, 6.07) is 0. The molecule has 96 valence electrons. The van der Waals surface area contributed by atoms with E-state index in [9.17, 15) is 0 Å². The van der Waals surface area contributed by atoms with Crippen molar-refractivity contribution in [1.82, 2.24) is 0 Å². The second-order valence-electron chi connectivity index (χ2n) is 6.52. The molecule has 0 amide bonds. The van der Waals surface area contributed by atoms with Crippen LogP contribution in [0.1, 0.15) is 73.6 Å². The van der Waals surface area contributed by atoms with Crippen molar-refractivity contribution in [3.05, 3.63) is 0 Å². The molecule has 1 fully saturated rings. The molecule has 1 aliphatic carbocycles. The largest absolute Gasteiger partial charge is 0.0654 e. The lowest BCUT2D eigenvalue weighted by Gasteiger charge is -2.35. The molecule has 0 aliphatic heterocycles. The van der Waals surface area contributed by atoms with Crippen LogP contribution in [0, 0.1) is 29.1 Å². The summed E-state index contributed by atoms with van der Waals surface area (Å²) in [6.45, 7) is 14.6. The minimum atomic E-state index is 0.706. The van der Waals surface area contributed by atoms with E-state index in [1.807, 2.05) is 0 Å². The maximum Gasteiger partial charge on any atom is -0.0213 e. The van der Waals surface area contributed by atoms with Crippen LogP contribution in [-0.4, -0.2) is 0 Å². The molecule has 0 aromatic rings. The second-order valence-corrected chi connectivity index (χ2v) is 6.52. The highest BCUT2D eigenvalue weighted by Crippen LogP contribution is 2.65. The van der Waals surface area contributed by atoms with E-state index in [1.54, 1.807) is 0 Å². The summed E-state index contributed by atoms with van der Waals surface area (Å²) in [5.41, 5.74) is 0.706. The van der Waals surface area contributed by atoms with Gasteiger partial charge >= 0.3 is 0 Å². The first-order valence-electron chi connectivity index (χ1n) is 7.50. The van der Waals surface area contributed by atoms with Crippen LogP contribution in [0.3, 0.4) is 0 Å². The molecular formula is C16H32. The van der Waals surface area contributed by atoms with Gasteiger partial charge in [0.15, 0.2) is 0 Å². The highest BCUT2D eigenvalue weighted by molar-refractivity contribution is 5.07. The Labute approximate surface area is 103 Å². The Bertz CT molecular complexity index is 206. The van der Waals surface area contributed by atoms with Gasteiger partial charge in [0.25, 0.3) is 0 Å². The summed E-state index contributed by atoms with van der Waals surface area (Å²) >= 11 is 0. The molecule has 0 saturated heterocycles. The molecule has 0 heteroatoms. The lowest BCUT2D eigenvalue weighted by Crippen LogP contribution is -2.29. The van der Waals surface area contributed by atoms with Crippen LogP contribution in [-0.2, 0) is 0 Å². The molecule has 0 heterocycles. The SMILES string of the molecule is CCCCC(C)C1(C(CC)C(C)C)CC1C. The van der Waals surface area contributed by atoms with Crippen molar-refractivity contribution in [2.75, 3.05) is 0 Å². The highest BCUT2D eigenvalue weighted by atomic mass is 14.6. The van der Waals surface area contributed by atoms with Crippen LogP contribution in [0.25, 0.3) is 0 Å². The topological polar surface area (TPSA) is 0 Å². The van der Waals surface area contributed by atoms with E-state index >= 15 is 0 Å². The Balaban J connectivity index is 2.69. The summed E-state index contributed by atoms with van der Waals surface area (Å²) < 4.78 is 0. The standard InChI is InChI=1S/C16H32/c1-7-9-10-13(5)16(11-14(16)6)15(8-2)12(3)4/h12-15H,7-11H2,1-6H3. The molecule has 0 N–H and O–H groups in total. The summed E-state index contributed by atoms with van der Waals surface area (Å²) in [4.78, 5) is 0. The zero-order chi connectivity index (χ0) is 12.3. The van der Waals surface area contributed by atoms with Gasteiger partial charge in [0, 0.05) is 0 Å². The Kier molecular flexibility index (Phi) is 4.88. The van der Waals surface area contributed by atoms with E-state index in [0.717, 1.165) is 23.7 Å². The molecular weight excluding hydrogens is 192 g/mol. The Morgan fingerprint density at radius 2 is 1.75 bits per heavy atom. The first kappa shape index (κ1) is 14.1. The predicted octanol–water partition coefficient (Wildman–Crippen LogP) is 5.52. The predicted molar refractivity (Wildman–Crippen MR) is 73.5 cm³/mol. The summed E-state index contributed by atoms with van der Waals surface area (Å²) in [7, 11) is 0. The average molecular weight is 224 g/mol. The van der Waals surface area contributed by atoms with Gasteiger partial charge in [-0.15, -0.1) is 0 Å². The van der Waals surface area contributed by atoms with Crippen LogP contribution in [0.5, 0.6) is 0 Å². The van der Waals surface area contributed by atoms with Gasteiger partial charge in [-0.05, 0) is 35.5 Å². The minimum Gasteiger partial charge on any atom is -0.0654 e. The normalized spacial score (nSPS) is 32.8. The average Bonchev–Trinajstić information content (AvgIpc) is 2.88. The molecule has 4 atom stereocenters. The monoisotopic (exact) mass is 224 g/mol. The van der Waals surface area contributed by atoms with Crippen LogP contribution in [0.4, 0.5) is 0 Å². The molecule has 0 radical (unpaired) electrons. The van der Waals surface area contributed by atoms with Gasteiger partial charge in [0.1, 0.15) is 0 Å². The first-order chi connectivity index (χ1) is 7.50. The quantitative estimate of drug-likeness (QED) is 0.534. The fourth-order valence-corrected chi connectivity index (χ4v) is 4.29. The second kappa shape index (κ2) is 5.56. The maximum atomic E-state index is 2.52.